The number of nitrogen functional groups attached to an aromatic ring is 1. The van der Waals surface area contributed by atoms with Gasteiger partial charge in [-0.25, -0.2) is 0 Å². The SMILES string of the molecule is CNC(=O)C(CCC=O)N1C(=O)c2cccc(N)c2C1=O. The summed E-state index contributed by atoms with van der Waals surface area (Å²) < 4.78 is 0. The van der Waals surface area contributed by atoms with Gasteiger partial charge in [-0.05, 0) is 18.6 Å². The normalized spacial score (nSPS) is 14.8. The quantitative estimate of drug-likeness (QED) is 0.449. The van der Waals surface area contributed by atoms with Crippen LogP contribution in [0.25, 0.3) is 0 Å². The minimum Gasteiger partial charge on any atom is -0.398 e. The highest BCUT2D eigenvalue weighted by Crippen LogP contribution is 2.29. The lowest BCUT2D eigenvalue weighted by molar-refractivity contribution is -0.124. The zero-order valence-corrected chi connectivity index (χ0v) is 11.5. The number of nitrogens with one attached hydrogen (secondary N) is 1. The van der Waals surface area contributed by atoms with Crippen molar-refractivity contribution < 1.29 is 19.2 Å². The Labute approximate surface area is 121 Å². The fraction of sp³-hybridized carbons (Fsp3) is 0.286. The van der Waals surface area contributed by atoms with Gasteiger partial charge in [0.1, 0.15) is 12.3 Å². The number of anilines is 1. The van der Waals surface area contributed by atoms with Gasteiger partial charge in [-0.1, -0.05) is 6.07 Å². The number of hydrogen-bond acceptors (Lipinski definition) is 5. The van der Waals surface area contributed by atoms with E-state index in [1.165, 1.54) is 19.2 Å². The van der Waals surface area contributed by atoms with E-state index in [-0.39, 0.29) is 29.7 Å². The van der Waals surface area contributed by atoms with Crippen molar-refractivity contribution in [3.63, 3.8) is 0 Å². The number of fused-ring (bicyclic) bond motifs is 1. The molecule has 0 saturated heterocycles. The van der Waals surface area contributed by atoms with Crippen molar-refractivity contribution in [2.75, 3.05) is 12.8 Å². The molecule has 110 valence electrons. The Morgan fingerprint density at radius 3 is 2.67 bits per heavy atom. The zero-order valence-electron chi connectivity index (χ0n) is 11.5. The first kappa shape index (κ1) is 14.7. The topological polar surface area (TPSA) is 110 Å². The molecule has 1 aromatic carbocycles. The van der Waals surface area contributed by atoms with Crippen LogP contribution in [0.5, 0.6) is 0 Å². The zero-order chi connectivity index (χ0) is 15.6. The molecule has 1 unspecified atom stereocenters. The highest BCUT2D eigenvalue weighted by molar-refractivity contribution is 6.24. The van der Waals surface area contributed by atoms with E-state index in [0.29, 0.717) is 6.29 Å². The van der Waals surface area contributed by atoms with Crippen LogP contribution in [0.3, 0.4) is 0 Å². The maximum Gasteiger partial charge on any atom is 0.264 e. The van der Waals surface area contributed by atoms with Crippen LogP contribution in [0.4, 0.5) is 5.69 Å². The van der Waals surface area contributed by atoms with E-state index in [9.17, 15) is 19.2 Å². The second-order valence-corrected chi connectivity index (χ2v) is 4.62. The molecule has 21 heavy (non-hydrogen) atoms. The highest BCUT2D eigenvalue weighted by atomic mass is 16.2. The first-order valence-corrected chi connectivity index (χ1v) is 6.44. The van der Waals surface area contributed by atoms with E-state index in [4.69, 9.17) is 5.73 Å². The summed E-state index contributed by atoms with van der Waals surface area (Å²) >= 11 is 0. The van der Waals surface area contributed by atoms with E-state index in [1.807, 2.05) is 0 Å². The molecule has 0 radical (unpaired) electrons. The lowest BCUT2D eigenvalue weighted by atomic mass is 10.1. The molecule has 0 fully saturated rings. The van der Waals surface area contributed by atoms with Gasteiger partial charge in [-0.2, -0.15) is 0 Å². The summed E-state index contributed by atoms with van der Waals surface area (Å²) in [6, 6.07) is 3.57. The lowest BCUT2D eigenvalue weighted by Crippen LogP contribution is -2.48. The molecule has 1 atom stereocenters. The molecule has 1 aliphatic heterocycles. The summed E-state index contributed by atoms with van der Waals surface area (Å²) in [4.78, 5) is 48.1. The summed E-state index contributed by atoms with van der Waals surface area (Å²) in [5.74, 6) is -1.67. The van der Waals surface area contributed by atoms with Gasteiger partial charge in [0.2, 0.25) is 5.91 Å². The Bertz CT molecular complexity index is 627. The molecular formula is C14H15N3O4. The number of aldehydes is 1. The molecule has 0 bridgehead atoms. The number of carbonyl (C=O) groups is 4. The molecule has 1 heterocycles. The number of likely N-dealkylation sites (N-methyl/N-ethyl adjacent to an activating group) is 1. The van der Waals surface area contributed by atoms with Crippen LogP contribution < -0.4 is 11.1 Å². The maximum atomic E-state index is 12.4. The minimum absolute atomic E-state index is 0.0704. The third-order valence-electron chi connectivity index (χ3n) is 3.40. The molecule has 0 saturated carbocycles. The van der Waals surface area contributed by atoms with Crippen molar-refractivity contribution in [2.45, 2.75) is 18.9 Å². The molecule has 1 aliphatic rings. The van der Waals surface area contributed by atoms with Gasteiger partial charge in [0, 0.05) is 19.2 Å². The van der Waals surface area contributed by atoms with Crippen molar-refractivity contribution in [3.8, 4) is 0 Å². The Hall–Kier alpha value is -2.70. The smallest absolute Gasteiger partial charge is 0.264 e. The summed E-state index contributed by atoms with van der Waals surface area (Å²) in [6.45, 7) is 0. The van der Waals surface area contributed by atoms with Gasteiger partial charge >= 0.3 is 0 Å². The first-order valence-electron chi connectivity index (χ1n) is 6.44. The first-order chi connectivity index (χ1) is 10.0. The summed E-state index contributed by atoms with van der Waals surface area (Å²) in [5, 5.41) is 2.40. The van der Waals surface area contributed by atoms with Crippen LogP contribution in [0, 0.1) is 0 Å². The van der Waals surface area contributed by atoms with E-state index < -0.39 is 23.8 Å². The third-order valence-corrected chi connectivity index (χ3v) is 3.40. The maximum absolute atomic E-state index is 12.4. The van der Waals surface area contributed by atoms with Crippen molar-refractivity contribution in [1.29, 1.82) is 0 Å². The summed E-state index contributed by atoms with van der Waals surface area (Å²) in [5.41, 5.74) is 6.23. The van der Waals surface area contributed by atoms with Gasteiger partial charge < -0.3 is 15.8 Å². The van der Waals surface area contributed by atoms with Crippen molar-refractivity contribution >= 4 is 29.7 Å². The second-order valence-electron chi connectivity index (χ2n) is 4.62. The molecule has 2 rings (SSSR count). The Morgan fingerprint density at radius 1 is 1.38 bits per heavy atom. The number of benzene rings is 1. The second kappa shape index (κ2) is 5.74. The molecule has 3 N–H and O–H groups in total. The van der Waals surface area contributed by atoms with Crippen LogP contribution in [-0.4, -0.2) is 42.0 Å². The molecule has 0 aliphatic carbocycles. The van der Waals surface area contributed by atoms with Crippen molar-refractivity contribution in [3.05, 3.63) is 29.3 Å². The average Bonchev–Trinajstić information content (AvgIpc) is 2.73. The summed E-state index contributed by atoms with van der Waals surface area (Å²) in [7, 11) is 1.41. The van der Waals surface area contributed by atoms with E-state index in [1.54, 1.807) is 6.07 Å². The lowest BCUT2D eigenvalue weighted by Gasteiger charge is -2.24. The molecule has 1 aromatic rings. The Morgan fingerprint density at radius 2 is 2.10 bits per heavy atom. The van der Waals surface area contributed by atoms with Crippen LogP contribution in [-0.2, 0) is 9.59 Å². The van der Waals surface area contributed by atoms with Crippen LogP contribution in [0.1, 0.15) is 33.6 Å². The average molecular weight is 289 g/mol. The van der Waals surface area contributed by atoms with Crippen molar-refractivity contribution in [1.82, 2.24) is 10.2 Å². The number of carbonyl (C=O) groups excluding carboxylic acids is 4. The molecule has 7 heteroatoms. The summed E-state index contributed by atoms with van der Waals surface area (Å²) in [6.07, 6.45) is 0.790. The van der Waals surface area contributed by atoms with Crippen LogP contribution in [0.2, 0.25) is 0 Å². The van der Waals surface area contributed by atoms with Gasteiger partial charge in [-0.3, -0.25) is 19.3 Å². The number of hydrogen-bond donors (Lipinski definition) is 2. The monoisotopic (exact) mass is 289 g/mol. The minimum atomic E-state index is -1.02. The van der Waals surface area contributed by atoms with Gasteiger partial charge in [0.15, 0.2) is 0 Å². The molecule has 0 spiro atoms. The third kappa shape index (κ3) is 2.37. The number of nitrogens with zero attached hydrogens (tertiary/aromatic N) is 1. The Kier molecular flexibility index (Phi) is 4.02. The van der Waals surface area contributed by atoms with E-state index in [0.717, 1.165) is 4.90 Å². The number of amides is 3. The van der Waals surface area contributed by atoms with Crippen LogP contribution in [0.15, 0.2) is 18.2 Å². The number of rotatable bonds is 5. The highest BCUT2D eigenvalue weighted by Gasteiger charge is 2.43. The van der Waals surface area contributed by atoms with E-state index >= 15 is 0 Å². The molecule has 3 amide bonds. The fourth-order valence-electron chi connectivity index (χ4n) is 2.38. The Balaban J connectivity index is 2.42. The molecular weight excluding hydrogens is 274 g/mol. The predicted molar refractivity (Wildman–Crippen MR) is 74.5 cm³/mol. The van der Waals surface area contributed by atoms with Gasteiger partial charge in [0.25, 0.3) is 11.8 Å². The van der Waals surface area contributed by atoms with Crippen molar-refractivity contribution in [2.24, 2.45) is 0 Å². The van der Waals surface area contributed by atoms with Gasteiger partial charge in [0.05, 0.1) is 11.1 Å². The number of imide groups is 1. The molecule has 7 nitrogen and oxygen atoms in total. The standard InChI is InChI=1S/C14H15N3O4/c1-16-12(19)10(6-3-7-18)17-13(20)8-4-2-5-9(15)11(8)14(17)21/h2,4-5,7,10H,3,6,15H2,1H3,(H,16,19). The number of nitrogens with two attached hydrogens (primary N) is 1. The molecule has 0 aromatic heterocycles. The largest absolute Gasteiger partial charge is 0.398 e. The fourth-order valence-corrected chi connectivity index (χ4v) is 2.38. The predicted octanol–water partition coefficient (Wildman–Crippen LogP) is -0.0415. The van der Waals surface area contributed by atoms with Crippen LogP contribution >= 0.6 is 0 Å². The van der Waals surface area contributed by atoms with E-state index in [2.05, 4.69) is 5.32 Å². The van der Waals surface area contributed by atoms with Gasteiger partial charge in [-0.15, -0.1) is 0 Å².